The predicted molar refractivity (Wildman–Crippen MR) is 134 cm³/mol. The monoisotopic (exact) mass is 546 g/mol. The van der Waals surface area contributed by atoms with E-state index in [1.165, 1.54) is 32.7 Å². The molecule has 0 atom stereocenters. The van der Waals surface area contributed by atoms with Gasteiger partial charge in [-0.2, -0.15) is 0 Å². The van der Waals surface area contributed by atoms with Gasteiger partial charge in [0.2, 0.25) is 11.7 Å². The molecule has 200 valence electrons. The van der Waals surface area contributed by atoms with Gasteiger partial charge in [0, 0.05) is 32.0 Å². The maximum Gasteiger partial charge on any atom is 0.264 e. The van der Waals surface area contributed by atoms with Crippen LogP contribution in [0.15, 0.2) is 76.2 Å². The summed E-state index contributed by atoms with van der Waals surface area (Å²) in [5.74, 6) is -1.73. The van der Waals surface area contributed by atoms with Crippen molar-refractivity contribution >= 4 is 27.3 Å². The second-order valence-corrected chi connectivity index (χ2v) is 9.82. The number of aromatic nitrogens is 1. The Morgan fingerprint density at radius 3 is 2.68 bits per heavy atom. The number of benzene rings is 1. The van der Waals surface area contributed by atoms with Crippen LogP contribution in [0.4, 0.5) is 14.5 Å². The van der Waals surface area contributed by atoms with E-state index in [1.54, 1.807) is 17.2 Å². The van der Waals surface area contributed by atoms with Crippen molar-refractivity contribution < 1.29 is 36.2 Å². The molecule has 0 saturated carbocycles. The Bertz CT molecular complexity index is 1470. The lowest BCUT2D eigenvalue weighted by Gasteiger charge is -2.23. The van der Waals surface area contributed by atoms with Crippen molar-refractivity contribution in [3.8, 4) is 5.88 Å². The summed E-state index contributed by atoms with van der Waals surface area (Å²) >= 11 is 0. The van der Waals surface area contributed by atoms with Crippen LogP contribution in [0, 0.1) is 11.6 Å². The normalized spacial score (nSPS) is 15.2. The van der Waals surface area contributed by atoms with E-state index in [2.05, 4.69) is 14.7 Å². The number of carbonyl (C=O) groups is 1. The highest BCUT2D eigenvalue weighted by Crippen LogP contribution is 2.28. The molecule has 1 aromatic carbocycles. The van der Waals surface area contributed by atoms with Crippen LogP contribution in [-0.4, -0.2) is 63.9 Å². The number of allylic oxidation sites excluding steroid dienone is 2. The van der Waals surface area contributed by atoms with E-state index in [9.17, 15) is 22.0 Å². The number of ether oxygens (including phenoxy) is 3. The average Bonchev–Trinajstić information content (AvgIpc) is 3.02. The molecule has 0 unspecified atom stereocenters. The average molecular weight is 547 g/mol. The number of methoxy groups -OCH3 is 2. The SMILES string of the molecule is COCCOC1=CN=C2C=CC(Cc3cnc(OC)c(NS(=O)(=O)c4ccc(F)cc4F)c3)=CN2CC1=O. The number of anilines is 1. The molecule has 0 fully saturated rings. The molecule has 10 nitrogen and oxygen atoms in total. The van der Waals surface area contributed by atoms with Gasteiger partial charge >= 0.3 is 0 Å². The van der Waals surface area contributed by atoms with Gasteiger partial charge in [0.15, 0.2) is 5.76 Å². The topological polar surface area (TPSA) is 119 Å². The number of amidine groups is 1. The smallest absolute Gasteiger partial charge is 0.264 e. The van der Waals surface area contributed by atoms with E-state index in [0.29, 0.717) is 30.5 Å². The summed E-state index contributed by atoms with van der Waals surface area (Å²) in [5, 5.41) is 0. The molecule has 0 saturated heterocycles. The summed E-state index contributed by atoms with van der Waals surface area (Å²) in [6.45, 7) is 0.572. The van der Waals surface area contributed by atoms with Crippen molar-refractivity contribution in [1.82, 2.24) is 9.88 Å². The number of sulfonamides is 1. The molecule has 0 spiro atoms. The zero-order chi connectivity index (χ0) is 27.3. The number of hydrogen-bond donors (Lipinski definition) is 1. The molecule has 2 aliphatic heterocycles. The van der Waals surface area contributed by atoms with E-state index in [1.807, 2.05) is 6.08 Å². The number of aliphatic imine (C=N–C) groups is 1. The highest BCUT2D eigenvalue weighted by molar-refractivity contribution is 7.92. The minimum atomic E-state index is -4.41. The van der Waals surface area contributed by atoms with Gasteiger partial charge in [0.05, 0.1) is 26.5 Å². The van der Waals surface area contributed by atoms with Crippen molar-refractivity contribution in [2.24, 2.45) is 4.99 Å². The number of carbonyl (C=O) groups excluding carboxylic acids is 1. The molecular weight excluding hydrogens is 522 g/mol. The second-order valence-electron chi connectivity index (χ2n) is 8.17. The Labute approximate surface area is 218 Å². The van der Waals surface area contributed by atoms with Gasteiger partial charge in [-0.15, -0.1) is 0 Å². The Balaban J connectivity index is 1.52. The van der Waals surface area contributed by atoms with Crippen LogP contribution in [0.25, 0.3) is 0 Å². The Morgan fingerprint density at radius 2 is 1.95 bits per heavy atom. The molecule has 3 heterocycles. The minimum absolute atomic E-state index is 0.0145. The van der Waals surface area contributed by atoms with Crippen molar-refractivity contribution in [2.45, 2.75) is 11.3 Å². The first-order valence-electron chi connectivity index (χ1n) is 11.3. The van der Waals surface area contributed by atoms with Gasteiger partial charge in [-0.1, -0.05) is 6.08 Å². The van der Waals surface area contributed by atoms with Gasteiger partial charge in [0.25, 0.3) is 10.0 Å². The first-order valence-corrected chi connectivity index (χ1v) is 12.8. The van der Waals surface area contributed by atoms with E-state index < -0.39 is 26.6 Å². The summed E-state index contributed by atoms with van der Waals surface area (Å²) in [6.07, 6.45) is 8.51. The first kappa shape index (κ1) is 26.9. The number of nitrogens with one attached hydrogen (secondary N) is 1. The lowest BCUT2D eigenvalue weighted by atomic mass is 10.0. The van der Waals surface area contributed by atoms with E-state index in [4.69, 9.17) is 14.2 Å². The summed E-state index contributed by atoms with van der Waals surface area (Å²) in [7, 11) is -1.57. The number of fused-ring (bicyclic) bond motifs is 1. The van der Waals surface area contributed by atoms with Crippen molar-refractivity contribution in [3.63, 3.8) is 0 Å². The van der Waals surface area contributed by atoms with Gasteiger partial charge in [0.1, 0.15) is 34.7 Å². The molecule has 13 heteroatoms. The molecular formula is C25H24F2N4O6S. The number of pyridine rings is 1. The van der Waals surface area contributed by atoms with Crippen molar-refractivity contribution in [3.05, 3.63) is 83.5 Å². The van der Waals surface area contributed by atoms with Gasteiger partial charge in [-0.05, 0) is 35.4 Å². The Kier molecular flexibility index (Phi) is 8.17. The molecule has 0 amide bonds. The maximum absolute atomic E-state index is 14.1. The zero-order valence-corrected chi connectivity index (χ0v) is 21.3. The van der Waals surface area contributed by atoms with Crippen LogP contribution in [0.2, 0.25) is 0 Å². The van der Waals surface area contributed by atoms with Gasteiger partial charge < -0.3 is 19.1 Å². The fourth-order valence-corrected chi connectivity index (χ4v) is 4.78. The third-order valence-electron chi connectivity index (χ3n) is 5.45. The quantitative estimate of drug-likeness (QED) is 0.452. The number of nitrogens with zero attached hydrogens (tertiary/aromatic N) is 3. The maximum atomic E-state index is 14.1. The fourth-order valence-electron chi connectivity index (χ4n) is 3.67. The minimum Gasteiger partial charge on any atom is -0.486 e. The van der Waals surface area contributed by atoms with Gasteiger partial charge in [-0.25, -0.2) is 27.2 Å². The van der Waals surface area contributed by atoms with Crippen molar-refractivity contribution in [2.75, 3.05) is 38.7 Å². The highest BCUT2D eigenvalue weighted by atomic mass is 32.2. The third-order valence-corrected chi connectivity index (χ3v) is 6.85. The predicted octanol–water partition coefficient (Wildman–Crippen LogP) is 2.95. The summed E-state index contributed by atoms with van der Waals surface area (Å²) in [5.41, 5.74) is 1.36. The number of Topliss-reactive ketones (excluding diaryl/α,β-unsaturated/α-hetero) is 1. The lowest BCUT2D eigenvalue weighted by molar-refractivity contribution is -0.119. The molecule has 2 aromatic rings. The Hall–Kier alpha value is -4.10. The van der Waals surface area contributed by atoms with Crippen LogP contribution < -0.4 is 9.46 Å². The van der Waals surface area contributed by atoms with Crippen LogP contribution in [0.3, 0.4) is 0 Å². The molecule has 0 radical (unpaired) electrons. The Morgan fingerprint density at radius 1 is 1.13 bits per heavy atom. The molecule has 4 rings (SSSR count). The van der Waals surface area contributed by atoms with Crippen LogP contribution in [-0.2, 0) is 30.7 Å². The standard InChI is InChI=1S/C25H24F2N4O6S/c1-35-7-8-37-22-13-28-24-6-3-16(14-31(24)15-21(22)32)9-17-10-20(25(36-2)29-12-17)30-38(33,34)23-5-4-18(26)11-19(23)27/h3-6,10-14,30H,7-9,15H2,1-2H3. The van der Waals surface area contributed by atoms with E-state index in [0.717, 1.165) is 17.7 Å². The van der Waals surface area contributed by atoms with E-state index in [-0.39, 0.29) is 36.3 Å². The first-order chi connectivity index (χ1) is 18.2. The molecule has 0 aliphatic carbocycles. The number of ketones is 1. The highest BCUT2D eigenvalue weighted by Gasteiger charge is 2.24. The third kappa shape index (κ3) is 6.23. The number of hydrogen-bond acceptors (Lipinski definition) is 9. The molecule has 1 aromatic heterocycles. The van der Waals surface area contributed by atoms with Crippen molar-refractivity contribution in [1.29, 1.82) is 0 Å². The molecule has 2 aliphatic rings. The summed E-state index contributed by atoms with van der Waals surface area (Å²) < 4.78 is 70.7. The van der Waals surface area contributed by atoms with Crippen LogP contribution >= 0.6 is 0 Å². The van der Waals surface area contributed by atoms with Gasteiger partial charge in [-0.3, -0.25) is 9.52 Å². The number of halogens is 2. The largest absolute Gasteiger partial charge is 0.486 e. The molecule has 38 heavy (non-hydrogen) atoms. The molecule has 1 N–H and O–H groups in total. The lowest BCUT2D eigenvalue weighted by Crippen LogP contribution is -2.31. The summed E-state index contributed by atoms with van der Waals surface area (Å²) in [6, 6.07) is 3.66. The van der Waals surface area contributed by atoms with Crippen LogP contribution in [0.1, 0.15) is 5.56 Å². The van der Waals surface area contributed by atoms with Crippen LogP contribution in [0.5, 0.6) is 5.88 Å². The second kappa shape index (κ2) is 11.5. The zero-order valence-electron chi connectivity index (χ0n) is 20.5. The fraction of sp³-hybridized carbons (Fsp3) is 0.240. The summed E-state index contributed by atoms with van der Waals surface area (Å²) in [4.78, 5) is 22.0. The van der Waals surface area contributed by atoms with E-state index >= 15 is 0 Å². The number of rotatable bonds is 10. The molecule has 0 bridgehead atoms.